The molecule has 0 unspecified atom stereocenters. The van der Waals surface area contributed by atoms with E-state index in [0.29, 0.717) is 16.9 Å². The quantitative estimate of drug-likeness (QED) is 0.784. The highest BCUT2D eigenvalue weighted by atomic mass is 16.2. The van der Waals surface area contributed by atoms with E-state index in [1.165, 1.54) is 0 Å². The van der Waals surface area contributed by atoms with Gasteiger partial charge in [0.15, 0.2) is 0 Å². The van der Waals surface area contributed by atoms with Crippen LogP contribution in [0.4, 0.5) is 0 Å². The summed E-state index contributed by atoms with van der Waals surface area (Å²) in [6, 6.07) is 7.76. The average Bonchev–Trinajstić information content (AvgIpc) is 3.15. The van der Waals surface area contributed by atoms with Gasteiger partial charge in [0, 0.05) is 28.4 Å². The largest absolute Gasteiger partial charge is 0.361 e. The minimum Gasteiger partial charge on any atom is -0.361 e. The van der Waals surface area contributed by atoms with E-state index in [1.807, 2.05) is 24.3 Å². The van der Waals surface area contributed by atoms with Crippen LogP contribution in [0.3, 0.4) is 0 Å². The van der Waals surface area contributed by atoms with Gasteiger partial charge in [0.25, 0.3) is 11.8 Å². The predicted molar refractivity (Wildman–Crippen MR) is 107 cm³/mol. The van der Waals surface area contributed by atoms with Crippen molar-refractivity contribution in [3.63, 3.8) is 0 Å². The summed E-state index contributed by atoms with van der Waals surface area (Å²) in [7, 11) is 0. The number of amides is 2. The number of nitrogens with zero attached hydrogens (tertiary/aromatic N) is 1. The van der Waals surface area contributed by atoms with Gasteiger partial charge in [0.2, 0.25) is 0 Å². The Hall–Kier alpha value is -2.69. The van der Waals surface area contributed by atoms with Gasteiger partial charge in [0.05, 0.1) is 5.57 Å². The molecular formula is C22H25N3O2. The molecule has 1 aliphatic heterocycles. The Labute approximate surface area is 158 Å². The lowest BCUT2D eigenvalue weighted by molar-refractivity contribution is -0.123. The fraction of sp³-hybridized carbons (Fsp3) is 0.409. The third-order valence-electron chi connectivity index (χ3n) is 5.82. The molecule has 2 heterocycles. The van der Waals surface area contributed by atoms with Crippen molar-refractivity contribution >= 4 is 34.0 Å². The highest BCUT2D eigenvalue weighted by molar-refractivity contribution is 6.37. The van der Waals surface area contributed by atoms with E-state index in [4.69, 9.17) is 0 Å². The van der Waals surface area contributed by atoms with Crippen LogP contribution in [0.5, 0.6) is 0 Å². The second-order valence-corrected chi connectivity index (χ2v) is 8.57. The Kier molecular flexibility index (Phi) is 4.25. The molecule has 1 saturated carbocycles. The zero-order chi connectivity index (χ0) is 19.2. The van der Waals surface area contributed by atoms with Crippen LogP contribution >= 0.6 is 0 Å². The first-order valence-corrected chi connectivity index (χ1v) is 9.57. The summed E-state index contributed by atoms with van der Waals surface area (Å²) in [5.74, 6) is -0.101. The van der Waals surface area contributed by atoms with Crippen LogP contribution in [0.15, 0.2) is 41.2 Å². The standard InChI is InChI=1S/C22H25N3O2/c1-22(2,3)13-8-10-14(11-9-13)24-19-18(20(26)25-21(19)27)16-12-23-17-7-5-4-6-15(16)17/h4-7,12-13,23H,8-11H2,1-3H3,(H,25,26,27). The Bertz CT molecular complexity index is 978. The first-order chi connectivity index (χ1) is 12.8. The van der Waals surface area contributed by atoms with Gasteiger partial charge in [-0.15, -0.1) is 0 Å². The molecule has 2 aromatic rings. The lowest BCUT2D eigenvalue weighted by Crippen LogP contribution is -2.26. The van der Waals surface area contributed by atoms with Crippen molar-refractivity contribution in [3.05, 3.63) is 41.7 Å². The van der Waals surface area contributed by atoms with Crippen LogP contribution in [-0.4, -0.2) is 22.5 Å². The maximum atomic E-state index is 12.5. The molecule has 0 spiro atoms. The van der Waals surface area contributed by atoms with Crippen LogP contribution in [0, 0.1) is 11.3 Å². The number of carbonyl (C=O) groups excluding carboxylic acids is 2. The van der Waals surface area contributed by atoms with Gasteiger partial charge in [-0.3, -0.25) is 19.9 Å². The molecule has 0 radical (unpaired) electrons. The highest BCUT2D eigenvalue weighted by Crippen LogP contribution is 2.38. The molecule has 2 aliphatic rings. The number of fused-ring (bicyclic) bond motifs is 1. The third-order valence-corrected chi connectivity index (χ3v) is 5.82. The summed E-state index contributed by atoms with van der Waals surface area (Å²) in [6.07, 6.45) is 5.71. The molecule has 1 aliphatic carbocycles. The molecule has 1 fully saturated rings. The number of aliphatic imine (C=N–C) groups is 1. The minimum atomic E-state index is -0.397. The van der Waals surface area contributed by atoms with Crippen LogP contribution < -0.4 is 5.32 Å². The fourth-order valence-corrected chi connectivity index (χ4v) is 4.17. The van der Waals surface area contributed by atoms with Gasteiger partial charge in [-0.25, -0.2) is 0 Å². The number of H-pyrrole nitrogens is 1. The topological polar surface area (TPSA) is 74.3 Å². The molecular weight excluding hydrogens is 338 g/mol. The van der Waals surface area contributed by atoms with Crippen molar-refractivity contribution < 1.29 is 9.59 Å². The van der Waals surface area contributed by atoms with Crippen LogP contribution in [0.25, 0.3) is 16.5 Å². The Balaban J connectivity index is 1.71. The normalized spacial score (nSPS) is 21.1. The lowest BCUT2D eigenvalue weighted by Gasteiger charge is -2.34. The van der Waals surface area contributed by atoms with Crippen molar-refractivity contribution in [2.24, 2.45) is 16.3 Å². The molecule has 0 bridgehead atoms. The van der Waals surface area contributed by atoms with E-state index < -0.39 is 5.91 Å². The average molecular weight is 363 g/mol. The summed E-state index contributed by atoms with van der Waals surface area (Å²) in [5.41, 5.74) is 3.62. The zero-order valence-corrected chi connectivity index (χ0v) is 16.1. The van der Waals surface area contributed by atoms with Gasteiger partial charge in [-0.1, -0.05) is 39.0 Å². The van der Waals surface area contributed by atoms with E-state index in [9.17, 15) is 9.59 Å². The van der Waals surface area contributed by atoms with E-state index in [0.717, 1.165) is 47.9 Å². The number of nitrogens with one attached hydrogen (secondary N) is 2. The summed E-state index contributed by atoms with van der Waals surface area (Å²) in [4.78, 5) is 32.8. The highest BCUT2D eigenvalue weighted by Gasteiger charge is 2.34. The Morgan fingerprint density at radius 3 is 2.44 bits per heavy atom. The Morgan fingerprint density at radius 2 is 1.74 bits per heavy atom. The number of rotatable bonds is 2. The van der Waals surface area contributed by atoms with E-state index in [2.05, 4.69) is 36.1 Å². The number of benzene rings is 1. The van der Waals surface area contributed by atoms with E-state index in [-0.39, 0.29) is 11.6 Å². The zero-order valence-electron chi connectivity index (χ0n) is 16.1. The fourth-order valence-electron chi connectivity index (χ4n) is 4.17. The maximum Gasteiger partial charge on any atom is 0.277 e. The van der Waals surface area contributed by atoms with Gasteiger partial charge in [-0.05, 0) is 43.1 Å². The summed E-state index contributed by atoms with van der Waals surface area (Å²) in [6.45, 7) is 6.83. The van der Waals surface area contributed by atoms with Crippen molar-refractivity contribution in [2.45, 2.75) is 46.5 Å². The monoisotopic (exact) mass is 363 g/mol. The molecule has 27 heavy (non-hydrogen) atoms. The van der Waals surface area contributed by atoms with E-state index >= 15 is 0 Å². The molecule has 2 amide bonds. The SMILES string of the molecule is CC(C)(C)C1CCC(=NC2=C(c3c[nH]c4ccccc34)C(=O)NC2=O)CC1. The summed E-state index contributed by atoms with van der Waals surface area (Å²) in [5, 5.41) is 3.34. The molecule has 5 nitrogen and oxygen atoms in total. The van der Waals surface area contributed by atoms with Crippen LogP contribution in [0.1, 0.15) is 52.0 Å². The van der Waals surface area contributed by atoms with Crippen molar-refractivity contribution in [1.82, 2.24) is 10.3 Å². The second kappa shape index (κ2) is 6.48. The Morgan fingerprint density at radius 1 is 1.04 bits per heavy atom. The van der Waals surface area contributed by atoms with Gasteiger partial charge >= 0.3 is 0 Å². The molecule has 0 atom stereocenters. The number of carbonyl (C=O) groups is 2. The van der Waals surface area contributed by atoms with Gasteiger partial charge < -0.3 is 4.98 Å². The smallest absolute Gasteiger partial charge is 0.277 e. The molecule has 140 valence electrons. The van der Waals surface area contributed by atoms with Gasteiger partial charge in [-0.2, -0.15) is 0 Å². The number of hydrogen-bond acceptors (Lipinski definition) is 3. The summed E-state index contributed by atoms with van der Waals surface area (Å²) < 4.78 is 0. The number of para-hydroxylation sites is 1. The number of hydrogen-bond donors (Lipinski definition) is 2. The van der Waals surface area contributed by atoms with Gasteiger partial charge in [0.1, 0.15) is 5.70 Å². The minimum absolute atomic E-state index is 0.258. The molecule has 2 N–H and O–H groups in total. The molecule has 1 aromatic carbocycles. The van der Waals surface area contributed by atoms with Crippen LogP contribution in [-0.2, 0) is 9.59 Å². The first kappa shape index (κ1) is 17.7. The lowest BCUT2D eigenvalue weighted by atomic mass is 9.72. The molecule has 5 heteroatoms. The van der Waals surface area contributed by atoms with Crippen molar-refractivity contribution in [2.75, 3.05) is 0 Å². The molecule has 0 saturated heterocycles. The number of imide groups is 1. The number of aromatic amines is 1. The predicted octanol–water partition coefficient (Wildman–Crippen LogP) is 4.21. The summed E-state index contributed by atoms with van der Waals surface area (Å²) >= 11 is 0. The third kappa shape index (κ3) is 3.22. The van der Waals surface area contributed by atoms with Crippen LogP contribution in [0.2, 0.25) is 0 Å². The van der Waals surface area contributed by atoms with E-state index in [1.54, 1.807) is 6.20 Å². The first-order valence-electron chi connectivity index (χ1n) is 9.57. The molecule has 4 rings (SSSR count). The number of aromatic nitrogens is 1. The van der Waals surface area contributed by atoms with Crippen molar-refractivity contribution in [3.8, 4) is 0 Å². The molecule has 1 aromatic heterocycles. The van der Waals surface area contributed by atoms with Crippen molar-refractivity contribution in [1.29, 1.82) is 0 Å². The maximum absolute atomic E-state index is 12.5. The second-order valence-electron chi connectivity index (χ2n) is 8.57.